The van der Waals surface area contributed by atoms with Gasteiger partial charge < -0.3 is 10.2 Å². The fourth-order valence-electron chi connectivity index (χ4n) is 2.86. The van der Waals surface area contributed by atoms with Crippen molar-refractivity contribution in [3.8, 4) is 0 Å². The van der Waals surface area contributed by atoms with Crippen molar-refractivity contribution in [1.82, 2.24) is 4.90 Å². The van der Waals surface area contributed by atoms with E-state index in [1.807, 2.05) is 44.2 Å². The van der Waals surface area contributed by atoms with Gasteiger partial charge in [0, 0.05) is 17.8 Å². The molecule has 1 aliphatic rings. The molecule has 1 N–H and O–H groups in total. The minimum absolute atomic E-state index is 0.0699. The Balaban J connectivity index is 1.67. The largest absolute Gasteiger partial charge is 0.325 e. The quantitative estimate of drug-likeness (QED) is 0.946. The van der Waals surface area contributed by atoms with Gasteiger partial charge in [-0.3, -0.25) is 9.59 Å². The summed E-state index contributed by atoms with van der Waals surface area (Å²) in [5.41, 5.74) is 4.64. The van der Waals surface area contributed by atoms with E-state index in [1.54, 1.807) is 11.0 Å². The Morgan fingerprint density at radius 1 is 1.14 bits per heavy atom. The van der Waals surface area contributed by atoms with E-state index in [0.29, 0.717) is 12.1 Å². The number of benzene rings is 2. The number of rotatable bonds is 3. The van der Waals surface area contributed by atoms with Crippen LogP contribution in [0, 0.1) is 13.8 Å². The van der Waals surface area contributed by atoms with E-state index >= 15 is 0 Å². The summed E-state index contributed by atoms with van der Waals surface area (Å²) in [6.07, 6.45) is 0. The van der Waals surface area contributed by atoms with Crippen LogP contribution in [0.1, 0.15) is 27.0 Å². The third kappa shape index (κ3) is 2.86. The van der Waals surface area contributed by atoms with Crippen LogP contribution in [0.15, 0.2) is 42.5 Å². The number of hydrogen-bond acceptors (Lipinski definition) is 2. The summed E-state index contributed by atoms with van der Waals surface area (Å²) in [4.78, 5) is 26.0. The van der Waals surface area contributed by atoms with Crippen LogP contribution in [0.5, 0.6) is 0 Å². The van der Waals surface area contributed by atoms with Crippen LogP contribution in [0.4, 0.5) is 5.69 Å². The molecule has 22 heavy (non-hydrogen) atoms. The number of amides is 2. The summed E-state index contributed by atoms with van der Waals surface area (Å²) in [7, 11) is 0. The molecular formula is C18H18N2O2. The molecule has 0 radical (unpaired) electrons. The van der Waals surface area contributed by atoms with Gasteiger partial charge in [-0.1, -0.05) is 24.3 Å². The first-order chi connectivity index (χ1) is 10.5. The second kappa shape index (κ2) is 5.64. The Hall–Kier alpha value is -2.62. The lowest BCUT2D eigenvalue weighted by molar-refractivity contribution is -0.116. The van der Waals surface area contributed by atoms with E-state index in [9.17, 15) is 9.59 Å². The maximum Gasteiger partial charge on any atom is 0.254 e. The molecule has 0 saturated carbocycles. The van der Waals surface area contributed by atoms with Gasteiger partial charge in [0.25, 0.3) is 5.91 Å². The predicted molar refractivity (Wildman–Crippen MR) is 85.7 cm³/mol. The normalized spacial score (nSPS) is 13.2. The zero-order valence-corrected chi connectivity index (χ0v) is 12.7. The van der Waals surface area contributed by atoms with Crippen molar-refractivity contribution >= 4 is 17.5 Å². The molecule has 3 rings (SSSR count). The van der Waals surface area contributed by atoms with Gasteiger partial charge in [0.15, 0.2) is 0 Å². The van der Waals surface area contributed by atoms with Crippen LogP contribution in [0.3, 0.4) is 0 Å². The number of carbonyl (C=O) groups is 2. The number of carbonyl (C=O) groups excluding carboxylic acids is 2. The number of hydrogen-bond donors (Lipinski definition) is 1. The first-order valence-corrected chi connectivity index (χ1v) is 7.28. The summed E-state index contributed by atoms with van der Waals surface area (Å²) in [6, 6.07) is 13.4. The topological polar surface area (TPSA) is 49.4 Å². The summed E-state index contributed by atoms with van der Waals surface area (Å²) < 4.78 is 0. The van der Waals surface area contributed by atoms with Gasteiger partial charge in [0.2, 0.25) is 5.91 Å². The number of anilines is 1. The Kier molecular flexibility index (Phi) is 3.67. The summed E-state index contributed by atoms with van der Waals surface area (Å²) in [5.74, 6) is -0.252. The molecule has 0 aliphatic carbocycles. The molecule has 2 aromatic carbocycles. The molecule has 0 fully saturated rings. The minimum atomic E-state index is -0.175. The third-order valence-electron chi connectivity index (χ3n) is 3.74. The van der Waals surface area contributed by atoms with Crippen molar-refractivity contribution in [2.75, 3.05) is 11.9 Å². The van der Waals surface area contributed by atoms with Gasteiger partial charge in [-0.25, -0.2) is 0 Å². The second-order valence-electron chi connectivity index (χ2n) is 5.74. The van der Waals surface area contributed by atoms with Gasteiger partial charge in [-0.2, -0.15) is 0 Å². The molecule has 0 aromatic heterocycles. The molecule has 1 heterocycles. The fourth-order valence-corrected chi connectivity index (χ4v) is 2.86. The first kappa shape index (κ1) is 14.3. The highest BCUT2D eigenvalue weighted by Crippen LogP contribution is 2.22. The van der Waals surface area contributed by atoms with Gasteiger partial charge in [-0.15, -0.1) is 0 Å². The highest BCUT2D eigenvalue weighted by atomic mass is 16.2. The SMILES string of the molecule is Cc1cc(C)cc(NC(=O)CN2Cc3ccccc3C2=O)c1. The Morgan fingerprint density at radius 2 is 1.82 bits per heavy atom. The molecule has 2 aromatic rings. The smallest absolute Gasteiger partial charge is 0.254 e. The Morgan fingerprint density at radius 3 is 2.50 bits per heavy atom. The van der Waals surface area contributed by atoms with E-state index < -0.39 is 0 Å². The molecule has 112 valence electrons. The maximum atomic E-state index is 12.2. The molecule has 0 saturated heterocycles. The molecule has 4 heteroatoms. The number of nitrogens with one attached hydrogen (secondary N) is 1. The average molecular weight is 294 g/mol. The fraction of sp³-hybridized carbons (Fsp3) is 0.222. The van der Waals surface area contributed by atoms with Gasteiger partial charge >= 0.3 is 0 Å². The van der Waals surface area contributed by atoms with Crippen molar-refractivity contribution in [2.45, 2.75) is 20.4 Å². The maximum absolute atomic E-state index is 12.2. The first-order valence-electron chi connectivity index (χ1n) is 7.28. The van der Waals surface area contributed by atoms with E-state index in [-0.39, 0.29) is 18.4 Å². The van der Waals surface area contributed by atoms with E-state index in [1.165, 1.54) is 0 Å². The molecular weight excluding hydrogens is 276 g/mol. The number of nitrogens with zero attached hydrogens (tertiary/aromatic N) is 1. The molecule has 0 spiro atoms. The second-order valence-corrected chi connectivity index (χ2v) is 5.74. The highest BCUT2D eigenvalue weighted by molar-refractivity contribution is 6.02. The van der Waals surface area contributed by atoms with Crippen molar-refractivity contribution in [3.63, 3.8) is 0 Å². The van der Waals surface area contributed by atoms with E-state index in [4.69, 9.17) is 0 Å². The molecule has 4 nitrogen and oxygen atoms in total. The molecule has 2 amide bonds. The molecule has 1 aliphatic heterocycles. The van der Waals surface area contributed by atoms with Gasteiger partial charge in [0.05, 0.1) is 0 Å². The van der Waals surface area contributed by atoms with E-state index in [0.717, 1.165) is 22.4 Å². The van der Waals surface area contributed by atoms with Crippen LogP contribution in [0.2, 0.25) is 0 Å². The Bertz CT molecular complexity index is 732. The molecule has 0 atom stereocenters. The number of aryl methyl sites for hydroxylation is 2. The van der Waals surface area contributed by atoms with Crippen LogP contribution < -0.4 is 5.32 Å². The van der Waals surface area contributed by atoms with E-state index in [2.05, 4.69) is 11.4 Å². The zero-order chi connectivity index (χ0) is 15.7. The highest BCUT2D eigenvalue weighted by Gasteiger charge is 2.28. The summed E-state index contributed by atoms with van der Waals surface area (Å²) in [5, 5.41) is 2.86. The van der Waals surface area contributed by atoms with Gasteiger partial charge in [-0.05, 0) is 48.7 Å². The van der Waals surface area contributed by atoms with Crippen molar-refractivity contribution in [2.24, 2.45) is 0 Å². The average Bonchev–Trinajstić information content (AvgIpc) is 2.74. The standard InChI is InChI=1S/C18H18N2O2/c1-12-7-13(2)9-15(8-12)19-17(21)11-20-10-14-5-3-4-6-16(14)18(20)22/h3-9H,10-11H2,1-2H3,(H,19,21). The number of fused-ring (bicyclic) bond motifs is 1. The lowest BCUT2D eigenvalue weighted by atomic mass is 10.1. The van der Waals surface area contributed by atoms with Crippen LogP contribution in [-0.2, 0) is 11.3 Å². The predicted octanol–water partition coefficient (Wildman–Crippen LogP) is 2.90. The lowest BCUT2D eigenvalue weighted by Gasteiger charge is -2.15. The van der Waals surface area contributed by atoms with Crippen LogP contribution in [0.25, 0.3) is 0 Å². The van der Waals surface area contributed by atoms with Crippen LogP contribution >= 0.6 is 0 Å². The van der Waals surface area contributed by atoms with Crippen LogP contribution in [-0.4, -0.2) is 23.3 Å². The molecule has 0 unspecified atom stereocenters. The lowest BCUT2D eigenvalue weighted by Crippen LogP contribution is -2.33. The van der Waals surface area contributed by atoms with Crippen molar-refractivity contribution in [3.05, 3.63) is 64.7 Å². The van der Waals surface area contributed by atoms with Crippen molar-refractivity contribution < 1.29 is 9.59 Å². The monoisotopic (exact) mass is 294 g/mol. The summed E-state index contributed by atoms with van der Waals surface area (Å²) >= 11 is 0. The van der Waals surface area contributed by atoms with Crippen molar-refractivity contribution in [1.29, 1.82) is 0 Å². The molecule has 0 bridgehead atoms. The van der Waals surface area contributed by atoms with Gasteiger partial charge in [0.1, 0.15) is 6.54 Å². The zero-order valence-electron chi connectivity index (χ0n) is 12.7. The Labute approximate surface area is 129 Å². The summed E-state index contributed by atoms with van der Waals surface area (Å²) in [6.45, 7) is 4.54. The minimum Gasteiger partial charge on any atom is -0.325 e. The third-order valence-corrected chi connectivity index (χ3v) is 3.74.